The van der Waals surface area contributed by atoms with Crippen LogP contribution in [0.4, 0.5) is 0 Å². The molecule has 0 unspecified atom stereocenters. The van der Waals surface area contributed by atoms with Gasteiger partial charge in [0.05, 0.1) is 18.3 Å². The summed E-state index contributed by atoms with van der Waals surface area (Å²) in [6.07, 6.45) is 1.50. The molecule has 2 aromatic rings. The molecule has 0 heterocycles. The molecule has 4 nitrogen and oxygen atoms in total. The highest BCUT2D eigenvalue weighted by Crippen LogP contribution is 2.22. The molecule has 0 saturated carbocycles. The van der Waals surface area contributed by atoms with Crippen LogP contribution in [0.3, 0.4) is 0 Å². The number of Topliss-reactive ketones (excluding diaryl/α,β-unsaturated/α-hetero) is 1. The summed E-state index contributed by atoms with van der Waals surface area (Å²) >= 11 is 11.9. The van der Waals surface area contributed by atoms with E-state index in [1.54, 1.807) is 43.5 Å². The van der Waals surface area contributed by atoms with Crippen molar-refractivity contribution in [1.29, 1.82) is 0 Å². The fourth-order valence-electron chi connectivity index (χ4n) is 1.92. The van der Waals surface area contributed by atoms with E-state index in [-0.39, 0.29) is 12.4 Å². The Morgan fingerprint density at radius 1 is 1.22 bits per heavy atom. The van der Waals surface area contributed by atoms with Crippen molar-refractivity contribution < 1.29 is 14.4 Å². The Morgan fingerprint density at radius 3 is 2.65 bits per heavy atom. The van der Waals surface area contributed by atoms with Crippen molar-refractivity contribution in [2.45, 2.75) is 13.5 Å². The first-order chi connectivity index (χ1) is 11.0. The Bertz CT molecular complexity index is 745. The number of rotatable bonds is 6. The van der Waals surface area contributed by atoms with Gasteiger partial charge in [0.1, 0.15) is 12.4 Å². The maximum atomic E-state index is 11.4. The number of oxime groups is 1. The first kappa shape index (κ1) is 17.3. The normalized spacial score (nSPS) is 10.8. The molecule has 23 heavy (non-hydrogen) atoms. The van der Waals surface area contributed by atoms with Crippen LogP contribution in [-0.4, -0.2) is 19.1 Å². The first-order valence-corrected chi connectivity index (χ1v) is 7.55. The fourth-order valence-corrected chi connectivity index (χ4v) is 2.37. The zero-order chi connectivity index (χ0) is 16.8. The number of hydrogen-bond donors (Lipinski definition) is 0. The van der Waals surface area contributed by atoms with Crippen molar-refractivity contribution in [3.8, 4) is 5.75 Å². The molecule has 0 aliphatic carbocycles. The Kier molecular flexibility index (Phi) is 6.02. The molecule has 0 amide bonds. The first-order valence-electron chi connectivity index (χ1n) is 6.79. The molecule has 0 spiro atoms. The minimum atomic E-state index is -0.0228. The highest BCUT2D eigenvalue weighted by molar-refractivity contribution is 6.36. The summed E-state index contributed by atoms with van der Waals surface area (Å²) in [7, 11) is 1.56. The molecule has 0 aliphatic rings. The number of halogens is 2. The van der Waals surface area contributed by atoms with Crippen LogP contribution < -0.4 is 4.74 Å². The van der Waals surface area contributed by atoms with Gasteiger partial charge in [0.2, 0.25) is 0 Å². The SMILES string of the molecule is COc1ccc(C(C)=O)cc1CO/N=C/c1ccc(Cl)cc1Cl. The van der Waals surface area contributed by atoms with E-state index < -0.39 is 0 Å². The Hall–Kier alpha value is -2.04. The number of benzene rings is 2. The molecule has 0 aliphatic heterocycles. The van der Waals surface area contributed by atoms with Gasteiger partial charge < -0.3 is 9.57 Å². The van der Waals surface area contributed by atoms with E-state index in [0.717, 1.165) is 5.56 Å². The maximum Gasteiger partial charge on any atom is 0.159 e. The molecular weight excluding hydrogens is 337 g/mol. The molecule has 0 N–H and O–H groups in total. The van der Waals surface area contributed by atoms with E-state index in [0.29, 0.717) is 26.9 Å². The van der Waals surface area contributed by atoms with Gasteiger partial charge in [0, 0.05) is 21.7 Å². The maximum absolute atomic E-state index is 11.4. The summed E-state index contributed by atoms with van der Waals surface area (Å²) in [5, 5.41) is 4.93. The quantitative estimate of drug-likeness (QED) is 0.428. The fraction of sp³-hybridized carbons (Fsp3) is 0.176. The van der Waals surface area contributed by atoms with Gasteiger partial charge in [0.25, 0.3) is 0 Å². The van der Waals surface area contributed by atoms with Crippen molar-refractivity contribution in [2.24, 2.45) is 5.16 Å². The Labute approximate surface area is 144 Å². The molecule has 6 heteroatoms. The van der Waals surface area contributed by atoms with E-state index in [1.165, 1.54) is 13.1 Å². The largest absolute Gasteiger partial charge is 0.496 e. The summed E-state index contributed by atoms with van der Waals surface area (Å²) in [6.45, 7) is 1.68. The van der Waals surface area contributed by atoms with Crippen LogP contribution in [0.15, 0.2) is 41.6 Å². The summed E-state index contributed by atoms with van der Waals surface area (Å²) < 4.78 is 5.25. The van der Waals surface area contributed by atoms with Gasteiger partial charge >= 0.3 is 0 Å². The predicted molar refractivity (Wildman–Crippen MR) is 91.8 cm³/mol. The van der Waals surface area contributed by atoms with Gasteiger partial charge in [-0.25, -0.2) is 0 Å². The smallest absolute Gasteiger partial charge is 0.159 e. The average Bonchev–Trinajstić information content (AvgIpc) is 2.52. The van der Waals surface area contributed by atoms with Gasteiger partial charge in [-0.15, -0.1) is 0 Å². The van der Waals surface area contributed by atoms with Gasteiger partial charge in [-0.2, -0.15) is 0 Å². The molecular formula is C17H15Cl2NO3. The summed E-state index contributed by atoms with van der Waals surface area (Å²) in [6, 6.07) is 10.3. The summed E-state index contributed by atoms with van der Waals surface area (Å²) in [4.78, 5) is 16.7. The predicted octanol–water partition coefficient (Wildman–Crippen LogP) is 4.76. The van der Waals surface area contributed by atoms with E-state index >= 15 is 0 Å². The highest BCUT2D eigenvalue weighted by atomic mass is 35.5. The lowest BCUT2D eigenvalue weighted by Crippen LogP contribution is -1.99. The Morgan fingerprint density at radius 2 is 2.00 bits per heavy atom. The van der Waals surface area contributed by atoms with E-state index in [1.807, 2.05) is 0 Å². The van der Waals surface area contributed by atoms with Gasteiger partial charge in [-0.05, 0) is 37.3 Å². The monoisotopic (exact) mass is 351 g/mol. The lowest BCUT2D eigenvalue weighted by molar-refractivity contribution is 0.101. The third kappa shape index (κ3) is 4.71. The summed E-state index contributed by atoms with van der Waals surface area (Å²) in [5.74, 6) is 0.611. The lowest BCUT2D eigenvalue weighted by Gasteiger charge is -2.08. The van der Waals surface area contributed by atoms with E-state index in [9.17, 15) is 4.79 Å². The van der Waals surface area contributed by atoms with Crippen LogP contribution >= 0.6 is 23.2 Å². The minimum Gasteiger partial charge on any atom is -0.496 e. The van der Waals surface area contributed by atoms with Crippen LogP contribution in [-0.2, 0) is 11.4 Å². The van der Waals surface area contributed by atoms with Crippen molar-refractivity contribution in [3.05, 3.63) is 63.1 Å². The van der Waals surface area contributed by atoms with Crippen LogP contribution in [0.1, 0.15) is 28.4 Å². The number of ketones is 1. The second kappa shape index (κ2) is 7.99. The van der Waals surface area contributed by atoms with Crippen molar-refractivity contribution in [3.63, 3.8) is 0 Å². The molecule has 0 radical (unpaired) electrons. The van der Waals surface area contributed by atoms with Gasteiger partial charge in [0.15, 0.2) is 5.78 Å². The number of carbonyl (C=O) groups is 1. The third-order valence-corrected chi connectivity index (χ3v) is 3.70. The van der Waals surface area contributed by atoms with E-state index in [4.69, 9.17) is 32.8 Å². The molecule has 0 fully saturated rings. The van der Waals surface area contributed by atoms with Crippen molar-refractivity contribution in [2.75, 3.05) is 7.11 Å². The molecule has 120 valence electrons. The van der Waals surface area contributed by atoms with Crippen LogP contribution in [0.5, 0.6) is 5.75 Å². The van der Waals surface area contributed by atoms with Crippen LogP contribution in [0.25, 0.3) is 0 Å². The zero-order valence-corrected chi connectivity index (χ0v) is 14.2. The highest BCUT2D eigenvalue weighted by Gasteiger charge is 2.07. The average molecular weight is 352 g/mol. The number of ether oxygens (including phenoxy) is 1. The number of methoxy groups -OCH3 is 1. The molecule has 0 atom stereocenters. The minimum absolute atomic E-state index is 0.0228. The lowest BCUT2D eigenvalue weighted by atomic mass is 10.1. The topological polar surface area (TPSA) is 47.9 Å². The Balaban J connectivity index is 2.07. The molecule has 2 aromatic carbocycles. The number of carbonyl (C=O) groups excluding carboxylic acids is 1. The third-order valence-electron chi connectivity index (χ3n) is 3.14. The molecule has 0 aromatic heterocycles. The van der Waals surface area contributed by atoms with Crippen molar-refractivity contribution >= 4 is 35.2 Å². The number of nitrogens with zero attached hydrogens (tertiary/aromatic N) is 1. The van der Waals surface area contributed by atoms with Crippen LogP contribution in [0, 0.1) is 0 Å². The molecule has 0 saturated heterocycles. The van der Waals surface area contributed by atoms with Gasteiger partial charge in [-0.3, -0.25) is 4.79 Å². The number of hydrogen-bond acceptors (Lipinski definition) is 4. The van der Waals surface area contributed by atoms with Crippen molar-refractivity contribution in [1.82, 2.24) is 0 Å². The van der Waals surface area contributed by atoms with Gasteiger partial charge in [-0.1, -0.05) is 34.4 Å². The standard InChI is InChI=1S/C17H15Cl2NO3/c1-11(21)12-4-6-17(22-2)14(7-12)10-23-20-9-13-3-5-15(18)8-16(13)19/h3-9H,10H2,1-2H3/b20-9+. The summed E-state index contributed by atoms with van der Waals surface area (Å²) in [5.41, 5.74) is 2.02. The molecule has 0 bridgehead atoms. The zero-order valence-electron chi connectivity index (χ0n) is 12.7. The second-order valence-corrected chi connectivity index (χ2v) is 5.60. The molecule has 2 rings (SSSR count). The van der Waals surface area contributed by atoms with E-state index in [2.05, 4.69) is 5.16 Å². The van der Waals surface area contributed by atoms with Crippen LogP contribution in [0.2, 0.25) is 10.0 Å². The second-order valence-electron chi connectivity index (χ2n) is 4.76.